The lowest BCUT2D eigenvalue weighted by molar-refractivity contribution is 0.415. The Hall–Kier alpha value is -2.59. The predicted octanol–water partition coefficient (Wildman–Crippen LogP) is 5.00. The zero-order valence-electron chi connectivity index (χ0n) is 13.9. The maximum absolute atomic E-state index is 13.3. The molecule has 0 spiro atoms. The van der Waals surface area contributed by atoms with Gasteiger partial charge in [0.2, 0.25) is 0 Å². The van der Waals surface area contributed by atoms with Crippen LogP contribution in [-0.2, 0) is 6.54 Å². The van der Waals surface area contributed by atoms with Crippen molar-refractivity contribution < 1.29 is 9.13 Å². The summed E-state index contributed by atoms with van der Waals surface area (Å²) in [4.78, 5) is 12.3. The van der Waals surface area contributed by atoms with Crippen molar-refractivity contribution in [3.63, 3.8) is 0 Å². The van der Waals surface area contributed by atoms with Crippen LogP contribution >= 0.6 is 11.6 Å². The summed E-state index contributed by atoms with van der Waals surface area (Å²) in [6.45, 7) is 2.38. The Balaban J connectivity index is 2.35. The molecule has 0 unspecified atom stereocenters. The van der Waals surface area contributed by atoms with Crippen molar-refractivity contribution in [2.45, 2.75) is 13.5 Å². The monoisotopic (exact) mass is 357 g/mol. The number of pyridine rings is 1. The van der Waals surface area contributed by atoms with Crippen LogP contribution in [0.5, 0.6) is 5.75 Å². The maximum Gasteiger partial charge on any atom is 0.251 e. The molecule has 0 aliphatic heterocycles. The van der Waals surface area contributed by atoms with Crippen molar-refractivity contribution in [2.24, 2.45) is 0 Å². The third-order valence-corrected chi connectivity index (χ3v) is 4.41. The number of methoxy groups -OCH3 is 1. The van der Waals surface area contributed by atoms with Crippen molar-refractivity contribution in [3.8, 4) is 28.1 Å². The molecule has 0 fully saturated rings. The number of rotatable bonds is 4. The lowest BCUT2D eigenvalue weighted by atomic mass is 9.98. The number of halogens is 2. The molecular weight excluding hydrogens is 341 g/mol. The normalized spacial score (nSPS) is 10.7. The summed E-state index contributed by atoms with van der Waals surface area (Å²) in [6, 6.07) is 14.7. The van der Waals surface area contributed by atoms with Crippen LogP contribution < -0.4 is 10.3 Å². The van der Waals surface area contributed by atoms with Crippen LogP contribution in [0.3, 0.4) is 0 Å². The van der Waals surface area contributed by atoms with Crippen LogP contribution in [0.15, 0.2) is 59.4 Å². The van der Waals surface area contributed by atoms with Gasteiger partial charge < -0.3 is 9.30 Å². The lowest BCUT2D eigenvalue weighted by Crippen LogP contribution is -2.20. The van der Waals surface area contributed by atoms with E-state index in [4.69, 9.17) is 16.3 Å². The summed E-state index contributed by atoms with van der Waals surface area (Å²) < 4.78 is 20.3. The van der Waals surface area contributed by atoms with Gasteiger partial charge in [0.05, 0.1) is 12.8 Å². The van der Waals surface area contributed by atoms with Gasteiger partial charge in [0.1, 0.15) is 11.6 Å². The van der Waals surface area contributed by atoms with Gasteiger partial charge in [-0.15, -0.1) is 0 Å². The molecule has 3 rings (SSSR count). The molecule has 2 aromatic carbocycles. The van der Waals surface area contributed by atoms with Gasteiger partial charge in [-0.2, -0.15) is 0 Å². The Morgan fingerprint density at radius 2 is 1.76 bits per heavy atom. The summed E-state index contributed by atoms with van der Waals surface area (Å²) in [5, 5.41) is 0.547. The number of hydrogen-bond donors (Lipinski definition) is 0. The molecule has 0 amide bonds. The molecule has 0 N–H and O–H groups in total. The van der Waals surface area contributed by atoms with Crippen LogP contribution in [0.25, 0.3) is 22.4 Å². The van der Waals surface area contributed by atoms with Crippen molar-refractivity contribution in [2.75, 3.05) is 7.11 Å². The van der Waals surface area contributed by atoms with Crippen LogP contribution in [0.1, 0.15) is 6.92 Å². The third-order valence-electron chi connectivity index (χ3n) is 4.08. The number of ether oxygens (including phenoxy) is 1. The first-order valence-electron chi connectivity index (χ1n) is 7.89. The molecule has 0 aliphatic rings. The fourth-order valence-corrected chi connectivity index (χ4v) is 3.09. The Kier molecular flexibility index (Phi) is 4.91. The summed E-state index contributed by atoms with van der Waals surface area (Å²) in [7, 11) is 1.58. The quantitative estimate of drug-likeness (QED) is 0.657. The van der Waals surface area contributed by atoms with Crippen molar-refractivity contribution >= 4 is 11.6 Å². The van der Waals surface area contributed by atoms with E-state index in [1.54, 1.807) is 42.0 Å². The molecule has 0 saturated carbocycles. The van der Waals surface area contributed by atoms with Crippen molar-refractivity contribution in [3.05, 3.63) is 75.8 Å². The fourth-order valence-electron chi connectivity index (χ4n) is 2.87. The van der Waals surface area contributed by atoms with Crippen LogP contribution in [-0.4, -0.2) is 11.7 Å². The van der Waals surface area contributed by atoms with E-state index in [1.165, 1.54) is 18.2 Å². The highest BCUT2D eigenvalue weighted by molar-refractivity contribution is 6.33. The van der Waals surface area contributed by atoms with E-state index < -0.39 is 0 Å². The fraction of sp³-hybridized carbons (Fsp3) is 0.150. The molecule has 5 heteroatoms. The number of benzene rings is 2. The van der Waals surface area contributed by atoms with Gasteiger partial charge in [-0.05, 0) is 61.0 Å². The van der Waals surface area contributed by atoms with E-state index in [-0.39, 0.29) is 11.4 Å². The topological polar surface area (TPSA) is 31.2 Å². The minimum Gasteiger partial charge on any atom is -0.497 e. The molecule has 0 aliphatic carbocycles. The molecule has 3 nitrogen and oxygen atoms in total. The second-order valence-corrected chi connectivity index (χ2v) is 5.94. The van der Waals surface area contributed by atoms with E-state index in [9.17, 15) is 9.18 Å². The molecule has 128 valence electrons. The Morgan fingerprint density at radius 1 is 1.04 bits per heavy atom. The third kappa shape index (κ3) is 3.30. The second-order valence-electron chi connectivity index (χ2n) is 5.53. The second kappa shape index (κ2) is 7.11. The maximum atomic E-state index is 13.3. The van der Waals surface area contributed by atoms with E-state index in [0.717, 1.165) is 16.7 Å². The molecule has 0 radical (unpaired) electrons. The first-order valence-corrected chi connectivity index (χ1v) is 8.26. The van der Waals surface area contributed by atoms with Gasteiger partial charge in [-0.3, -0.25) is 4.79 Å². The van der Waals surface area contributed by atoms with Gasteiger partial charge in [-0.25, -0.2) is 4.39 Å². The number of hydrogen-bond acceptors (Lipinski definition) is 2. The molecule has 1 aromatic heterocycles. The summed E-state index contributed by atoms with van der Waals surface area (Å²) in [5.41, 5.74) is 2.86. The van der Waals surface area contributed by atoms with Crippen LogP contribution in [0.4, 0.5) is 4.39 Å². The highest BCUT2D eigenvalue weighted by Crippen LogP contribution is 2.37. The predicted molar refractivity (Wildman–Crippen MR) is 98.8 cm³/mol. The van der Waals surface area contributed by atoms with Crippen LogP contribution in [0, 0.1) is 5.82 Å². The van der Waals surface area contributed by atoms with E-state index in [0.29, 0.717) is 23.0 Å². The minimum atomic E-state index is -0.328. The molecule has 0 saturated heterocycles. The average molecular weight is 358 g/mol. The molecule has 0 atom stereocenters. The highest BCUT2D eigenvalue weighted by Gasteiger charge is 2.16. The summed E-state index contributed by atoms with van der Waals surface area (Å²) in [5.74, 6) is 0.338. The lowest BCUT2D eigenvalue weighted by Gasteiger charge is -2.17. The smallest absolute Gasteiger partial charge is 0.251 e. The van der Waals surface area contributed by atoms with Gasteiger partial charge in [-0.1, -0.05) is 11.6 Å². The highest BCUT2D eigenvalue weighted by atomic mass is 35.5. The zero-order valence-corrected chi connectivity index (χ0v) is 14.7. The van der Waals surface area contributed by atoms with Crippen molar-refractivity contribution in [1.82, 2.24) is 4.57 Å². The Labute approximate surface area is 150 Å². The SMILES string of the molecule is CCn1c(-c2ccc(F)cc2)c(-c2cc(OC)ccc2Cl)ccc1=O. The summed E-state index contributed by atoms with van der Waals surface area (Å²) in [6.07, 6.45) is 0. The number of nitrogens with zero attached hydrogens (tertiary/aromatic N) is 1. The van der Waals surface area contributed by atoms with Crippen LogP contribution in [0.2, 0.25) is 5.02 Å². The Bertz CT molecular complexity index is 964. The first-order chi connectivity index (χ1) is 12.0. The number of aromatic nitrogens is 1. The van der Waals surface area contributed by atoms with Gasteiger partial charge in [0.25, 0.3) is 5.56 Å². The van der Waals surface area contributed by atoms with E-state index in [2.05, 4.69) is 0 Å². The minimum absolute atomic E-state index is 0.121. The standard InChI is InChI=1S/C20H17ClFNO2/c1-3-23-19(24)11-9-16(17-12-15(25-2)8-10-18(17)21)20(23)13-4-6-14(22)7-5-13/h4-12H,3H2,1-2H3. The largest absolute Gasteiger partial charge is 0.497 e. The van der Waals surface area contributed by atoms with E-state index in [1.807, 2.05) is 13.0 Å². The summed E-state index contributed by atoms with van der Waals surface area (Å²) >= 11 is 6.40. The van der Waals surface area contributed by atoms with Gasteiger partial charge >= 0.3 is 0 Å². The Morgan fingerprint density at radius 3 is 2.40 bits per heavy atom. The molecule has 1 heterocycles. The molecule has 25 heavy (non-hydrogen) atoms. The van der Waals surface area contributed by atoms with Gasteiger partial charge in [0.15, 0.2) is 0 Å². The zero-order chi connectivity index (χ0) is 18.0. The molecule has 3 aromatic rings. The van der Waals surface area contributed by atoms with Crippen molar-refractivity contribution in [1.29, 1.82) is 0 Å². The molecule has 0 bridgehead atoms. The molecular formula is C20H17ClFNO2. The van der Waals surface area contributed by atoms with E-state index >= 15 is 0 Å². The average Bonchev–Trinajstić information content (AvgIpc) is 2.63. The van der Waals surface area contributed by atoms with Gasteiger partial charge in [0, 0.05) is 28.8 Å². The first kappa shape index (κ1) is 17.2.